The first-order chi connectivity index (χ1) is 13.6. The molecule has 0 saturated heterocycles. The van der Waals surface area contributed by atoms with Gasteiger partial charge in [-0.3, -0.25) is 4.79 Å². The number of carbonyl (C=O) groups is 1. The normalized spacial score (nSPS) is 18.1. The van der Waals surface area contributed by atoms with E-state index in [0.717, 1.165) is 29.4 Å². The number of nitrogens with zero attached hydrogens (tertiary/aromatic N) is 4. The van der Waals surface area contributed by atoms with E-state index in [1.54, 1.807) is 0 Å². The predicted molar refractivity (Wildman–Crippen MR) is 91.8 cm³/mol. The molecule has 0 spiro atoms. The van der Waals surface area contributed by atoms with E-state index in [2.05, 4.69) is 20.4 Å². The summed E-state index contributed by atoms with van der Waals surface area (Å²) in [7, 11) is 0. The number of carbonyl (C=O) groups excluding carboxylic acids is 1. The quantitative estimate of drug-likeness (QED) is 0.745. The first-order valence-corrected chi connectivity index (χ1v) is 8.61. The molecule has 1 aliphatic rings. The Morgan fingerprint density at radius 3 is 2.72 bits per heavy atom. The van der Waals surface area contributed by atoms with Gasteiger partial charge in [0, 0.05) is 16.7 Å². The van der Waals surface area contributed by atoms with E-state index >= 15 is 0 Å². The Labute approximate surface area is 166 Å². The van der Waals surface area contributed by atoms with Gasteiger partial charge >= 0.3 is 6.18 Å². The zero-order valence-electron chi connectivity index (χ0n) is 14.7. The van der Waals surface area contributed by atoms with Gasteiger partial charge in [0.05, 0.1) is 18.2 Å². The van der Waals surface area contributed by atoms with Crippen LogP contribution in [0, 0.1) is 17.6 Å². The van der Waals surface area contributed by atoms with Gasteiger partial charge in [0.1, 0.15) is 12.1 Å². The molecule has 0 aliphatic heterocycles. The van der Waals surface area contributed by atoms with Crippen molar-refractivity contribution in [1.29, 1.82) is 0 Å². The zero-order chi connectivity index (χ0) is 21.3. The summed E-state index contributed by atoms with van der Waals surface area (Å²) < 4.78 is 67.0. The van der Waals surface area contributed by atoms with Gasteiger partial charge < -0.3 is 5.32 Å². The minimum absolute atomic E-state index is 0.0372. The van der Waals surface area contributed by atoms with Crippen molar-refractivity contribution in [3.63, 3.8) is 0 Å². The van der Waals surface area contributed by atoms with E-state index in [1.165, 1.54) is 6.92 Å². The van der Waals surface area contributed by atoms with Crippen molar-refractivity contribution in [3.05, 3.63) is 58.8 Å². The summed E-state index contributed by atoms with van der Waals surface area (Å²) in [5, 5.41) is 6.16. The van der Waals surface area contributed by atoms with Gasteiger partial charge in [0.15, 0.2) is 17.5 Å². The average Bonchev–Trinajstić information content (AvgIpc) is 3.10. The Morgan fingerprint density at radius 1 is 1.34 bits per heavy atom. The average molecular weight is 434 g/mol. The molecule has 2 aromatic heterocycles. The summed E-state index contributed by atoms with van der Waals surface area (Å²) in [6.07, 6.45) is -1.20. The number of amides is 1. The third-order valence-corrected chi connectivity index (χ3v) is 4.35. The third-order valence-electron chi connectivity index (χ3n) is 4.09. The van der Waals surface area contributed by atoms with Crippen LogP contribution in [0.5, 0.6) is 0 Å². The van der Waals surface area contributed by atoms with Crippen LogP contribution in [0.1, 0.15) is 25.2 Å². The molecule has 2 aromatic rings. The van der Waals surface area contributed by atoms with Crippen molar-refractivity contribution >= 4 is 17.5 Å². The number of halogens is 6. The first kappa shape index (κ1) is 20.9. The van der Waals surface area contributed by atoms with Crippen LogP contribution in [0.2, 0.25) is 0 Å². The Hall–Kier alpha value is -2.82. The van der Waals surface area contributed by atoms with Crippen molar-refractivity contribution in [2.24, 2.45) is 5.92 Å². The molecule has 0 aromatic carbocycles. The van der Waals surface area contributed by atoms with Crippen LogP contribution in [0.25, 0.3) is 5.82 Å². The molecule has 1 amide bonds. The molecule has 1 aliphatic carbocycles. The molecule has 1 N–H and O–H groups in total. The number of nitrogens with one attached hydrogen (secondary N) is 1. The van der Waals surface area contributed by atoms with Crippen LogP contribution in [0.4, 0.5) is 22.0 Å². The van der Waals surface area contributed by atoms with Crippen molar-refractivity contribution in [1.82, 2.24) is 25.1 Å². The van der Waals surface area contributed by atoms with Crippen LogP contribution in [0.15, 0.2) is 41.3 Å². The minimum atomic E-state index is -4.54. The van der Waals surface area contributed by atoms with Gasteiger partial charge in [0.25, 0.3) is 5.91 Å². The maximum atomic E-state index is 14.0. The Kier molecular flexibility index (Phi) is 5.69. The van der Waals surface area contributed by atoms with E-state index in [-0.39, 0.29) is 22.2 Å². The highest BCUT2D eigenvalue weighted by Gasteiger charge is 2.40. The molecule has 29 heavy (non-hydrogen) atoms. The molecule has 154 valence electrons. The topological polar surface area (TPSA) is 72.7 Å². The fraction of sp³-hybridized carbons (Fsp3) is 0.294. The molecule has 2 unspecified atom stereocenters. The van der Waals surface area contributed by atoms with Crippen LogP contribution >= 0.6 is 11.6 Å². The zero-order valence-corrected chi connectivity index (χ0v) is 15.5. The fourth-order valence-electron chi connectivity index (χ4n) is 2.73. The predicted octanol–water partition coefficient (Wildman–Crippen LogP) is 3.75. The monoisotopic (exact) mass is 433 g/mol. The fourth-order valence-corrected chi connectivity index (χ4v) is 3.01. The molecule has 0 bridgehead atoms. The molecule has 2 atom stereocenters. The molecule has 0 fully saturated rings. The maximum absolute atomic E-state index is 14.0. The number of allylic oxidation sites excluding steroid dienone is 2. The van der Waals surface area contributed by atoms with E-state index in [4.69, 9.17) is 11.6 Å². The summed E-state index contributed by atoms with van der Waals surface area (Å²) in [5.41, 5.74) is -0.257. The Balaban J connectivity index is 1.83. The van der Waals surface area contributed by atoms with Gasteiger partial charge in [0.2, 0.25) is 0 Å². The van der Waals surface area contributed by atoms with E-state index in [0.29, 0.717) is 6.07 Å². The van der Waals surface area contributed by atoms with Crippen LogP contribution < -0.4 is 5.32 Å². The van der Waals surface area contributed by atoms with Crippen LogP contribution in [0.3, 0.4) is 0 Å². The number of alkyl halides is 3. The van der Waals surface area contributed by atoms with Crippen molar-refractivity contribution in [2.75, 3.05) is 0 Å². The third kappa shape index (κ3) is 4.61. The molecule has 6 nitrogen and oxygen atoms in total. The van der Waals surface area contributed by atoms with E-state index in [9.17, 15) is 26.7 Å². The molecule has 12 heteroatoms. The molecule has 0 saturated carbocycles. The summed E-state index contributed by atoms with van der Waals surface area (Å²) in [4.78, 5) is 20.0. The highest BCUT2D eigenvalue weighted by Crippen LogP contribution is 2.37. The van der Waals surface area contributed by atoms with Gasteiger partial charge in [-0.05, 0) is 19.4 Å². The van der Waals surface area contributed by atoms with E-state index < -0.39 is 42.1 Å². The number of aromatic nitrogens is 4. The second-order valence-corrected chi connectivity index (χ2v) is 6.74. The lowest BCUT2D eigenvalue weighted by Gasteiger charge is -2.22. The van der Waals surface area contributed by atoms with Gasteiger partial charge in [-0.25, -0.2) is 18.7 Å². The summed E-state index contributed by atoms with van der Waals surface area (Å²) in [6.45, 7) is 1.47. The highest BCUT2D eigenvalue weighted by molar-refractivity contribution is 6.30. The summed E-state index contributed by atoms with van der Waals surface area (Å²) >= 11 is 5.76. The van der Waals surface area contributed by atoms with Crippen molar-refractivity contribution < 1.29 is 26.7 Å². The Bertz CT molecular complexity index is 1000. The molecular weight excluding hydrogens is 421 g/mol. The maximum Gasteiger partial charge on any atom is 0.395 e. The summed E-state index contributed by atoms with van der Waals surface area (Å²) in [5.74, 6) is -4.91. The molecule has 0 radical (unpaired) electrons. The lowest BCUT2D eigenvalue weighted by molar-refractivity contribution is -0.160. The second kappa shape index (κ2) is 7.90. The number of pyridine rings is 1. The largest absolute Gasteiger partial charge is 0.395 e. The standard InChI is InChI=1S/C17H13ClF5N5O/c1-8(14-25-7-26-28(14)15-13(20)5-12(19)6-24-15)27-16(29)9-2-10(17(21,22)23)4-11(18)3-9/h2-3,5-8,10H,4H2,1H3,(H,27,29). The Morgan fingerprint density at radius 2 is 2.07 bits per heavy atom. The summed E-state index contributed by atoms with van der Waals surface area (Å²) in [6, 6.07) is -0.288. The number of hydrogen-bond acceptors (Lipinski definition) is 4. The van der Waals surface area contributed by atoms with Crippen molar-refractivity contribution in [2.45, 2.75) is 25.6 Å². The molecule has 2 heterocycles. The van der Waals surface area contributed by atoms with Gasteiger partial charge in [-0.2, -0.15) is 23.0 Å². The molecule has 3 rings (SSSR count). The lowest BCUT2D eigenvalue weighted by atomic mass is 9.95. The van der Waals surface area contributed by atoms with Gasteiger partial charge in [-0.15, -0.1) is 0 Å². The first-order valence-electron chi connectivity index (χ1n) is 8.23. The van der Waals surface area contributed by atoms with Crippen LogP contribution in [-0.2, 0) is 4.79 Å². The van der Waals surface area contributed by atoms with E-state index in [1.807, 2.05) is 0 Å². The molecular formula is C17H13ClF5N5O. The second-order valence-electron chi connectivity index (χ2n) is 6.25. The number of rotatable bonds is 4. The smallest absolute Gasteiger partial charge is 0.342 e. The van der Waals surface area contributed by atoms with Crippen LogP contribution in [-0.4, -0.2) is 31.8 Å². The highest BCUT2D eigenvalue weighted by atomic mass is 35.5. The minimum Gasteiger partial charge on any atom is -0.342 e. The number of hydrogen-bond donors (Lipinski definition) is 1. The SMILES string of the molecule is CC(NC(=O)C1=CC(C(F)(F)F)CC(Cl)=C1)c1ncnn1-c1ncc(F)cc1F. The van der Waals surface area contributed by atoms with Gasteiger partial charge in [-0.1, -0.05) is 17.7 Å². The van der Waals surface area contributed by atoms with Crippen molar-refractivity contribution in [3.8, 4) is 5.82 Å². The lowest BCUT2D eigenvalue weighted by Crippen LogP contribution is -2.32.